The van der Waals surface area contributed by atoms with Crippen molar-refractivity contribution in [3.8, 4) is 11.5 Å². The number of methoxy groups -OCH3 is 1. The monoisotopic (exact) mass is 320 g/mol. The van der Waals surface area contributed by atoms with Gasteiger partial charge in [-0.25, -0.2) is 0 Å². The van der Waals surface area contributed by atoms with E-state index in [-0.39, 0.29) is 0 Å². The molecule has 0 unspecified atom stereocenters. The molecule has 0 aromatic heterocycles. The molecule has 0 spiro atoms. The number of rotatable bonds is 5. The van der Waals surface area contributed by atoms with Gasteiger partial charge in [0, 0.05) is 10.9 Å². The summed E-state index contributed by atoms with van der Waals surface area (Å²) in [5.74, 6) is 1.58. The summed E-state index contributed by atoms with van der Waals surface area (Å²) >= 11 is 3.47. The normalized spacial score (nSPS) is 10.3. The number of benzene rings is 2. The average Bonchev–Trinajstić information content (AvgIpc) is 2.44. The predicted octanol–water partition coefficient (Wildman–Crippen LogP) is 4.48. The summed E-state index contributed by atoms with van der Waals surface area (Å²) in [4.78, 5) is 0. The van der Waals surface area contributed by atoms with E-state index in [1.54, 1.807) is 7.11 Å². The highest BCUT2D eigenvalue weighted by molar-refractivity contribution is 9.08. The van der Waals surface area contributed by atoms with Gasteiger partial charge in [0.1, 0.15) is 6.61 Å². The van der Waals surface area contributed by atoms with Crippen LogP contribution in [-0.2, 0) is 11.9 Å². The third-order valence-corrected chi connectivity index (χ3v) is 3.49. The van der Waals surface area contributed by atoms with Crippen molar-refractivity contribution >= 4 is 15.9 Å². The van der Waals surface area contributed by atoms with Gasteiger partial charge >= 0.3 is 0 Å². The van der Waals surface area contributed by atoms with Crippen molar-refractivity contribution in [3.63, 3.8) is 0 Å². The second-order valence-corrected chi connectivity index (χ2v) is 4.92. The number of hydrogen-bond donors (Lipinski definition) is 0. The van der Waals surface area contributed by atoms with Crippen LogP contribution in [-0.4, -0.2) is 7.11 Å². The first-order chi connectivity index (χ1) is 9.24. The van der Waals surface area contributed by atoms with Crippen LogP contribution >= 0.6 is 15.9 Å². The SMILES string of the molecule is COc1cccc(CBr)c1OCc1cccc(C)c1. The maximum absolute atomic E-state index is 5.94. The van der Waals surface area contributed by atoms with Crippen molar-refractivity contribution in [1.29, 1.82) is 0 Å². The standard InChI is InChI=1S/C16H17BrO2/c1-12-5-3-6-13(9-12)11-19-16-14(10-17)7-4-8-15(16)18-2/h3-9H,10-11H2,1-2H3. The first-order valence-corrected chi connectivity index (χ1v) is 7.27. The Balaban J connectivity index is 2.19. The zero-order chi connectivity index (χ0) is 13.7. The molecule has 0 saturated carbocycles. The molecule has 0 amide bonds. The molecule has 2 rings (SSSR count). The topological polar surface area (TPSA) is 18.5 Å². The van der Waals surface area contributed by atoms with Crippen molar-refractivity contribution in [2.24, 2.45) is 0 Å². The fraction of sp³-hybridized carbons (Fsp3) is 0.250. The summed E-state index contributed by atoms with van der Waals surface area (Å²) in [5.41, 5.74) is 3.49. The summed E-state index contributed by atoms with van der Waals surface area (Å²) in [6.07, 6.45) is 0. The zero-order valence-electron chi connectivity index (χ0n) is 11.2. The van der Waals surface area contributed by atoms with Crippen molar-refractivity contribution in [2.45, 2.75) is 18.9 Å². The van der Waals surface area contributed by atoms with Crippen molar-refractivity contribution in [2.75, 3.05) is 7.11 Å². The van der Waals surface area contributed by atoms with Crippen LogP contribution in [0.5, 0.6) is 11.5 Å². The molecule has 19 heavy (non-hydrogen) atoms. The summed E-state index contributed by atoms with van der Waals surface area (Å²) in [6, 6.07) is 14.2. The lowest BCUT2D eigenvalue weighted by Gasteiger charge is -2.14. The molecule has 0 heterocycles. The Morgan fingerprint density at radius 3 is 2.58 bits per heavy atom. The van der Waals surface area contributed by atoms with Crippen LogP contribution in [0.2, 0.25) is 0 Å². The molecule has 0 N–H and O–H groups in total. The van der Waals surface area contributed by atoms with Gasteiger partial charge in [0.25, 0.3) is 0 Å². The van der Waals surface area contributed by atoms with Crippen LogP contribution in [0.1, 0.15) is 16.7 Å². The molecule has 2 nitrogen and oxygen atoms in total. The molecule has 3 heteroatoms. The number of alkyl halides is 1. The number of ether oxygens (including phenoxy) is 2. The lowest BCUT2D eigenvalue weighted by molar-refractivity contribution is 0.282. The van der Waals surface area contributed by atoms with Crippen LogP contribution in [0.15, 0.2) is 42.5 Å². The lowest BCUT2D eigenvalue weighted by Crippen LogP contribution is -2.00. The van der Waals surface area contributed by atoms with Gasteiger partial charge in [0.15, 0.2) is 11.5 Å². The van der Waals surface area contributed by atoms with Crippen LogP contribution in [0, 0.1) is 6.92 Å². The Bertz CT molecular complexity index is 530. The number of para-hydroxylation sites is 1. The highest BCUT2D eigenvalue weighted by atomic mass is 79.9. The van der Waals surface area contributed by atoms with Crippen LogP contribution < -0.4 is 9.47 Å². The third-order valence-electron chi connectivity index (χ3n) is 2.89. The van der Waals surface area contributed by atoms with Crippen LogP contribution in [0.3, 0.4) is 0 Å². The van der Waals surface area contributed by atoms with Gasteiger partial charge in [-0.2, -0.15) is 0 Å². The van der Waals surface area contributed by atoms with Gasteiger partial charge in [-0.1, -0.05) is 57.9 Å². The number of aryl methyl sites for hydroxylation is 1. The minimum atomic E-state index is 0.544. The first kappa shape index (κ1) is 13.9. The maximum Gasteiger partial charge on any atom is 0.165 e. The van der Waals surface area contributed by atoms with E-state index in [4.69, 9.17) is 9.47 Å². The third kappa shape index (κ3) is 3.51. The predicted molar refractivity (Wildman–Crippen MR) is 81.1 cm³/mol. The Kier molecular flexibility index (Phi) is 4.86. The maximum atomic E-state index is 5.94. The van der Waals surface area contributed by atoms with Gasteiger partial charge in [-0.3, -0.25) is 0 Å². The quantitative estimate of drug-likeness (QED) is 0.756. The smallest absolute Gasteiger partial charge is 0.165 e. The average molecular weight is 321 g/mol. The van der Waals surface area contributed by atoms with E-state index < -0.39 is 0 Å². The molecule has 0 aliphatic rings. The lowest BCUT2D eigenvalue weighted by atomic mass is 10.1. The van der Waals surface area contributed by atoms with E-state index in [0.29, 0.717) is 6.61 Å². The Morgan fingerprint density at radius 2 is 1.89 bits per heavy atom. The summed E-state index contributed by atoms with van der Waals surface area (Å²) < 4.78 is 11.3. The second-order valence-electron chi connectivity index (χ2n) is 4.36. The second kappa shape index (κ2) is 6.62. The first-order valence-electron chi connectivity index (χ1n) is 6.14. The van der Waals surface area contributed by atoms with Crippen LogP contribution in [0.4, 0.5) is 0 Å². The Morgan fingerprint density at radius 1 is 1.11 bits per heavy atom. The van der Waals surface area contributed by atoms with E-state index in [1.165, 1.54) is 5.56 Å². The molecular weight excluding hydrogens is 304 g/mol. The number of halogens is 1. The van der Waals surface area contributed by atoms with Crippen molar-refractivity contribution in [3.05, 3.63) is 59.2 Å². The van der Waals surface area contributed by atoms with E-state index in [0.717, 1.165) is 28.0 Å². The minimum absolute atomic E-state index is 0.544. The van der Waals surface area contributed by atoms with Gasteiger partial charge in [-0.15, -0.1) is 0 Å². The molecule has 0 aliphatic heterocycles. The van der Waals surface area contributed by atoms with Gasteiger partial charge in [0.05, 0.1) is 7.11 Å². The largest absolute Gasteiger partial charge is 0.493 e. The van der Waals surface area contributed by atoms with E-state index >= 15 is 0 Å². The van der Waals surface area contributed by atoms with E-state index in [9.17, 15) is 0 Å². The summed E-state index contributed by atoms with van der Waals surface area (Å²) in [5, 5.41) is 0.743. The fourth-order valence-corrected chi connectivity index (χ4v) is 2.39. The van der Waals surface area contributed by atoms with Crippen molar-refractivity contribution in [1.82, 2.24) is 0 Å². The zero-order valence-corrected chi connectivity index (χ0v) is 12.7. The van der Waals surface area contributed by atoms with E-state index in [2.05, 4.69) is 41.1 Å². The molecule has 0 saturated heterocycles. The Labute approximate surface area is 122 Å². The summed E-state index contributed by atoms with van der Waals surface area (Å²) in [7, 11) is 1.66. The van der Waals surface area contributed by atoms with Gasteiger partial charge < -0.3 is 9.47 Å². The highest BCUT2D eigenvalue weighted by Gasteiger charge is 2.09. The summed E-state index contributed by atoms with van der Waals surface area (Å²) in [6.45, 7) is 2.62. The molecule has 0 aliphatic carbocycles. The molecule has 100 valence electrons. The molecule has 0 bridgehead atoms. The fourth-order valence-electron chi connectivity index (χ4n) is 1.95. The van der Waals surface area contributed by atoms with E-state index in [1.807, 2.05) is 24.3 Å². The highest BCUT2D eigenvalue weighted by Crippen LogP contribution is 2.33. The van der Waals surface area contributed by atoms with Gasteiger partial charge in [-0.05, 0) is 18.6 Å². The van der Waals surface area contributed by atoms with Crippen molar-refractivity contribution < 1.29 is 9.47 Å². The minimum Gasteiger partial charge on any atom is -0.493 e. The molecule has 0 fully saturated rings. The molecule has 0 radical (unpaired) electrons. The van der Waals surface area contributed by atoms with Crippen LogP contribution in [0.25, 0.3) is 0 Å². The molecule has 2 aromatic rings. The molecule has 2 aromatic carbocycles. The Hall–Kier alpha value is -1.48. The molecular formula is C16H17BrO2. The van der Waals surface area contributed by atoms with Gasteiger partial charge in [0.2, 0.25) is 0 Å². The molecule has 0 atom stereocenters. The number of hydrogen-bond acceptors (Lipinski definition) is 2.